The third-order valence-corrected chi connectivity index (χ3v) is 3.68. The van der Waals surface area contributed by atoms with E-state index in [9.17, 15) is 10.1 Å². The van der Waals surface area contributed by atoms with E-state index in [4.69, 9.17) is 11.7 Å². The minimum Gasteiger partial charge on any atom is -0.322 e. The van der Waals surface area contributed by atoms with Crippen molar-refractivity contribution in [2.45, 2.75) is 23.8 Å². The number of thioether (sulfide) groups is 1. The van der Waals surface area contributed by atoms with Crippen LogP contribution in [0.4, 0.5) is 0 Å². The fraction of sp³-hybridized carbons (Fsp3) is 0.400. The van der Waals surface area contributed by atoms with Crippen molar-refractivity contribution < 1.29 is 0 Å². The molecule has 9 heteroatoms. The molecule has 0 spiro atoms. The first-order valence-corrected chi connectivity index (χ1v) is 6.58. The van der Waals surface area contributed by atoms with Crippen molar-refractivity contribution in [3.05, 3.63) is 21.7 Å². The number of aromatic nitrogens is 2. The Balaban J connectivity index is 2.29. The Hall–Kier alpha value is -2.05. The minimum absolute atomic E-state index is 0.264. The van der Waals surface area contributed by atoms with Gasteiger partial charge in [0.15, 0.2) is 0 Å². The normalized spacial score (nSPS) is 15.1. The fourth-order valence-electron chi connectivity index (χ4n) is 1.61. The molecule has 0 atom stereocenters. The molecule has 1 aliphatic carbocycles. The summed E-state index contributed by atoms with van der Waals surface area (Å²) >= 11 is 1.20. The highest BCUT2D eigenvalue weighted by Gasteiger charge is 2.29. The van der Waals surface area contributed by atoms with E-state index in [0.29, 0.717) is 27.9 Å². The summed E-state index contributed by atoms with van der Waals surface area (Å²) in [6.07, 6.45) is 1.97. The van der Waals surface area contributed by atoms with Crippen molar-refractivity contribution >= 4 is 17.6 Å². The molecule has 100 valence electrons. The van der Waals surface area contributed by atoms with Gasteiger partial charge in [-0.15, -0.1) is 0 Å². The summed E-state index contributed by atoms with van der Waals surface area (Å²) in [5.74, 6) is 11.2. The largest absolute Gasteiger partial charge is 0.346 e. The summed E-state index contributed by atoms with van der Waals surface area (Å²) < 4.78 is 0. The molecule has 1 aliphatic rings. The average molecular weight is 279 g/mol. The molecule has 0 aromatic carbocycles. The topological polar surface area (TPSA) is 146 Å². The Morgan fingerprint density at radius 2 is 2.42 bits per heavy atom. The highest BCUT2D eigenvalue weighted by atomic mass is 32.2. The van der Waals surface area contributed by atoms with Gasteiger partial charge in [0, 0.05) is 11.6 Å². The van der Waals surface area contributed by atoms with Gasteiger partial charge in [-0.25, -0.2) is 10.6 Å². The summed E-state index contributed by atoms with van der Waals surface area (Å²) in [7, 11) is 0. The fourth-order valence-corrected chi connectivity index (χ4v) is 2.49. The van der Waals surface area contributed by atoms with Crippen LogP contribution in [0.3, 0.4) is 0 Å². The minimum atomic E-state index is -0.449. The highest BCUT2D eigenvalue weighted by molar-refractivity contribution is 8.00. The summed E-state index contributed by atoms with van der Waals surface area (Å²) in [4.78, 5) is 18.0. The molecular formula is C10H13N7OS. The number of nitrogens with zero attached hydrogens (tertiary/aromatic N) is 3. The quantitative estimate of drug-likeness (QED) is 0.143. The van der Waals surface area contributed by atoms with Crippen molar-refractivity contribution in [3.8, 4) is 6.07 Å². The van der Waals surface area contributed by atoms with E-state index in [1.165, 1.54) is 11.8 Å². The number of hydrazone groups is 1. The predicted molar refractivity (Wildman–Crippen MR) is 71.2 cm³/mol. The van der Waals surface area contributed by atoms with Crippen LogP contribution in [0.5, 0.6) is 0 Å². The lowest BCUT2D eigenvalue weighted by Gasteiger charge is -2.07. The van der Waals surface area contributed by atoms with Crippen molar-refractivity contribution in [2.24, 2.45) is 16.8 Å². The number of aromatic amines is 1. The van der Waals surface area contributed by atoms with Crippen molar-refractivity contribution in [1.29, 1.82) is 5.26 Å². The van der Waals surface area contributed by atoms with E-state index in [2.05, 4.69) is 26.6 Å². The molecule has 0 saturated heterocycles. The van der Waals surface area contributed by atoms with Gasteiger partial charge in [-0.3, -0.25) is 0 Å². The third-order valence-electron chi connectivity index (χ3n) is 2.69. The Labute approximate surface area is 113 Å². The number of amidine groups is 1. The Morgan fingerprint density at radius 1 is 1.68 bits per heavy atom. The number of H-pyrrole nitrogens is 1. The maximum absolute atomic E-state index is 11.5. The predicted octanol–water partition coefficient (Wildman–Crippen LogP) is -0.653. The van der Waals surface area contributed by atoms with Crippen LogP contribution >= 0.6 is 11.8 Å². The van der Waals surface area contributed by atoms with Crippen LogP contribution in [0.2, 0.25) is 0 Å². The van der Waals surface area contributed by atoms with E-state index in [-0.39, 0.29) is 5.92 Å². The molecule has 1 aromatic heterocycles. The number of rotatable bonds is 4. The maximum atomic E-state index is 11.5. The van der Waals surface area contributed by atoms with Gasteiger partial charge in [-0.1, -0.05) is 11.8 Å². The number of hydrogen-bond acceptors (Lipinski definition) is 7. The van der Waals surface area contributed by atoms with Gasteiger partial charge in [-0.05, 0) is 12.8 Å². The number of hydrogen-bond donors (Lipinski definition) is 4. The Bertz CT molecular complexity index is 599. The molecular weight excluding hydrogens is 266 g/mol. The van der Waals surface area contributed by atoms with Crippen molar-refractivity contribution in [2.75, 3.05) is 5.75 Å². The molecule has 0 amide bonds. The Morgan fingerprint density at radius 3 is 2.95 bits per heavy atom. The molecule has 2 rings (SSSR count). The summed E-state index contributed by atoms with van der Waals surface area (Å²) in [5.41, 5.74) is 2.98. The highest BCUT2D eigenvalue weighted by Crippen LogP contribution is 2.41. The van der Waals surface area contributed by atoms with E-state index in [1.54, 1.807) is 0 Å². The van der Waals surface area contributed by atoms with Crippen LogP contribution in [-0.4, -0.2) is 21.6 Å². The van der Waals surface area contributed by atoms with Crippen LogP contribution in [0, 0.1) is 11.3 Å². The molecule has 19 heavy (non-hydrogen) atoms. The second-order valence-corrected chi connectivity index (χ2v) is 4.99. The smallest absolute Gasteiger partial charge is 0.322 e. The third kappa shape index (κ3) is 3.04. The van der Waals surface area contributed by atoms with Crippen LogP contribution in [0.1, 0.15) is 30.0 Å². The van der Waals surface area contributed by atoms with E-state index in [0.717, 1.165) is 12.8 Å². The van der Waals surface area contributed by atoms with Gasteiger partial charge in [-0.2, -0.15) is 15.3 Å². The SMILES string of the molecule is N#Cc1c(SC/C(=N/N)NN)nc(=O)[nH]c1C1CC1. The van der Waals surface area contributed by atoms with Crippen LogP contribution in [0.25, 0.3) is 0 Å². The van der Waals surface area contributed by atoms with Crippen molar-refractivity contribution in [1.82, 2.24) is 15.4 Å². The zero-order valence-electron chi connectivity index (χ0n) is 10.0. The number of nitrogens with one attached hydrogen (secondary N) is 2. The second kappa shape index (κ2) is 5.73. The summed E-state index contributed by atoms with van der Waals surface area (Å²) in [6.45, 7) is 0. The molecule has 6 N–H and O–H groups in total. The van der Waals surface area contributed by atoms with E-state index in [1.807, 2.05) is 0 Å². The van der Waals surface area contributed by atoms with Gasteiger partial charge in [0.05, 0.1) is 5.75 Å². The molecule has 1 aromatic rings. The first-order chi connectivity index (χ1) is 9.19. The van der Waals surface area contributed by atoms with E-state index < -0.39 is 5.69 Å². The average Bonchev–Trinajstić information content (AvgIpc) is 3.23. The molecule has 8 nitrogen and oxygen atoms in total. The zero-order chi connectivity index (χ0) is 13.8. The number of nitriles is 1. The van der Waals surface area contributed by atoms with Crippen LogP contribution < -0.4 is 22.8 Å². The van der Waals surface area contributed by atoms with Gasteiger partial charge in [0.1, 0.15) is 22.5 Å². The molecule has 1 saturated carbocycles. The molecule has 0 unspecified atom stereocenters. The Kier molecular flexibility index (Phi) is 4.03. The number of hydrazine groups is 1. The maximum Gasteiger partial charge on any atom is 0.346 e. The lowest BCUT2D eigenvalue weighted by molar-refractivity contribution is 0.881. The monoisotopic (exact) mass is 279 g/mol. The molecule has 0 bridgehead atoms. The molecule has 1 fully saturated rings. The summed E-state index contributed by atoms with van der Waals surface area (Å²) in [5, 5.41) is 13.0. The van der Waals surface area contributed by atoms with Crippen LogP contribution in [0.15, 0.2) is 14.9 Å². The summed E-state index contributed by atoms with van der Waals surface area (Å²) in [6, 6.07) is 2.10. The van der Waals surface area contributed by atoms with Gasteiger partial charge >= 0.3 is 5.69 Å². The molecule has 1 heterocycles. The molecule has 0 aliphatic heterocycles. The lowest BCUT2D eigenvalue weighted by atomic mass is 10.2. The first kappa shape index (κ1) is 13.4. The van der Waals surface area contributed by atoms with Crippen LogP contribution in [-0.2, 0) is 0 Å². The van der Waals surface area contributed by atoms with Gasteiger partial charge < -0.3 is 16.3 Å². The molecule has 0 radical (unpaired) electrons. The van der Waals surface area contributed by atoms with Gasteiger partial charge in [0.2, 0.25) is 0 Å². The second-order valence-electron chi connectivity index (χ2n) is 4.03. The number of nitrogens with two attached hydrogens (primary N) is 2. The van der Waals surface area contributed by atoms with Crippen molar-refractivity contribution in [3.63, 3.8) is 0 Å². The zero-order valence-corrected chi connectivity index (χ0v) is 10.8. The lowest BCUT2D eigenvalue weighted by Crippen LogP contribution is -2.33. The standard InChI is InChI=1S/C10H13N7OS/c11-3-6-8(5-1-2-5)14-10(18)15-9(6)19-4-7(16-12)17-13/h5H,1-2,4,12-13H2,(H,16,17)(H,14,15,18). The van der Waals surface area contributed by atoms with E-state index >= 15 is 0 Å². The van der Waals surface area contributed by atoms with Gasteiger partial charge in [0.25, 0.3) is 0 Å². The first-order valence-electron chi connectivity index (χ1n) is 5.60.